The van der Waals surface area contributed by atoms with Gasteiger partial charge in [-0.1, -0.05) is 28.2 Å². The van der Waals surface area contributed by atoms with Crippen molar-refractivity contribution in [3.05, 3.63) is 0 Å². The first kappa shape index (κ1) is 19.9. The van der Waals surface area contributed by atoms with Gasteiger partial charge < -0.3 is 19.7 Å². The van der Waals surface area contributed by atoms with E-state index in [0.717, 1.165) is 44.9 Å². The van der Waals surface area contributed by atoms with Crippen LogP contribution in [0.2, 0.25) is 0 Å². The number of hydrogen-bond donors (Lipinski definition) is 1. The Hall–Kier alpha value is -1.14. The quantitative estimate of drug-likeness (QED) is 0.624. The van der Waals surface area contributed by atoms with E-state index in [1.54, 1.807) is 0 Å². The summed E-state index contributed by atoms with van der Waals surface area (Å²) in [5.74, 6) is 1.26. The Balaban J connectivity index is 0.00000264. The topological polar surface area (TPSA) is 63.2 Å². The number of aliphatic imine (C=N–C) groups is 1. The van der Waals surface area contributed by atoms with Crippen LogP contribution in [0.25, 0.3) is 0 Å². The second-order valence-corrected chi connectivity index (χ2v) is 7.06. The third kappa shape index (κ3) is 6.47. The Morgan fingerprint density at radius 3 is 2.43 bits per heavy atom. The zero-order chi connectivity index (χ0) is 16.0. The minimum absolute atomic E-state index is 0. The fourth-order valence-electron chi connectivity index (χ4n) is 2.84. The van der Waals surface area contributed by atoms with Crippen LogP contribution in [0.3, 0.4) is 0 Å². The highest BCUT2D eigenvalue weighted by Gasteiger charge is 2.28. The van der Waals surface area contributed by atoms with Crippen LogP contribution in [0.15, 0.2) is 4.99 Å². The molecule has 2 rings (SSSR count). The molecular weight excluding hydrogens is 294 g/mol. The van der Waals surface area contributed by atoms with E-state index >= 15 is 0 Å². The number of nitrogens with zero attached hydrogens (tertiary/aromatic N) is 2. The highest BCUT2D eigenvalue weighted by Crippen LogP contribution is 2.21. The van der Waals surface area contributed by atoms with Crippen LogP contribution in [-0.4, -0.2) is 62.8 Å². The smallest absolute Gasteiger partial charge is 0.435 e. The third-order valence-electron chi connectivity index (χ3n) is 4.08. The van der Waals surface area contributed by atoms with Gasteiger partial charge in [-0.3, -0.25) is 0 Å². The molecule has 6 nitrogen and oxygen atoms in total. The monoisotopic (exact) mass is 327 g/mol. The molecule has 0 saturated carbocycles. The molecule has 2 fully saturated rings. The lowest BCUT2D eigenvalue weighted by molar-refractivity contribution is 0.0641. The first-order chi connectivity index (χ1) is 10.5. The van der Waals surface area contributed by atoms with Crippen molar-refractivity contribution in [2.45, 2.75) is 41.0 Å². The summed E-state index contributed by atoms with van der Waals surface area (Å²) in [6, 6.07) is 0. The molecule has 2 aliphatic rings. The summed E-state index contributed by atoms with van der Waals surface area (Å²) < 4.78 is 10.8. The predicted molar refractivity (Wildman–Crippen MR) is 93.0 cm³/mol. The van der Waals surface area contributed by atoms with Crippen LogP contribution < -0.4 is 5.32 Å². The number of nitrogens with one attached hydrogen (secondary N) is 1. The lowest BCUT2D eigenvalue weighted by Crippen LogP contribution is -2.46. The Kier molecular flexibility index (Phi) is 7.99. The molecule has 1 amide bonds. The van der Waals surface area contributed by atoms with Crippen LogP contribution in [-0.2, 0) is 9.47 Å². The SMILES string of the molecule is C.CC(C)(C)C(=NC(=O)OCC1CCNCC1)N1CCOCC1. The highest BCUT2D eigenvalue weighted by molar-refractivity contribution is 5.95. The van der Waals surface area contributed by atoms with Gasteiger partial charge in [-0.05, 0) is 31.8 Å². The summed E-state index contributed by atoms with van der Waals surface area (Å²) in [7, 11) is 0. The van der Waals surface area contributed by atoms with Gasteiger partial charge in [0.25, 0.3) is 0 Å². The number of morpholine rings is 1. The fraction of sp³-hybridized carbons (Fsp3) is 0.882. The molecule has 134 valence electrons. The molecule has 0 unspecified atom stereocenters. The van der Waals surface area contributed by atoms with Crippen LogP contribution >= 0.6 is 0 Å². The summed E-state index contributed by atoms with van der Waals surface area (Å²) in [6.45, 7) is 11.6. The van der Waals surface area contributed by atoms with Crippen molar-refractivity contribution >= 4 is 11.9 Å². The van der Waals surface area contributed by atoms with Crippen molar-refractivity contribution in [3.63, 3.8) is 0 Å². The molecule has 2 saturated heterocycles. The summed E-state index contributed by atoms with van der Waals surface area (Å²) in [5.41, 5.74) is -0.189. The number of carbonyl (C=O) groups is 1. The van der Waals surface area contributed by atoms with E-state index in [0.29, 0.717) is 25.7 Å². The van der Waals surface area contributed by atoms with E-state index in [-0.39, 0.29) is 12.8 Å². The Morgan fingerprint density at radius 1 is 1.26 bits per heavy atom. The molecule has 2 aliphatic heterocycles. The van der Waals surface area contributed by atoms with Gasteiger partial charge in [-0.25, -0.2) is 4.79 Å². The zero-order valence-electron chi connectivity index (χ0n) is 14.1. The summed E-state index contributed by atoms with van der Waals surface area (Å²) >= 11 is 0. The van der Waals surface area contributed by atoms with Gasteiger partial charge in [-0.2, -0.15) is 4.99 Å². The maximum Gasteiger partial charge on any atom is 0.435 e. The average Bonchev–Trinajstić information content (AvgIpc) is 2.51. The zero-order valence-corrected chi connectivity index (χ0v) is 14.1. The minimum atomic E-state index is -0.463. The second kappa shape index (κ2) is 9.23. The number of carbonyl (C=O) groups excluding carboxylic acids is 1. The first-order valence-electron chi connectivity index (χ1n) is 8.26. The largest absolute Gasteiger partial charge is 0.448 e. The van der Waals surface area contributed by atoms with Crippen LogP contribution in [0.4, 0.5) is 4.79 Å². The maximum atomic E-state index is 12.1. The molecule has 23 heavy (non-hydrogen) atoms. The number of rotatable bonds is 2. The normalized spacial score (nSPS) is 20.8. The average molecular weight is 327 g/mol. The van der Waals surface area contributed by atoms with E-state index in [1.165, 1.54) is 0 Å². The molecule has 2 heterocycles. The Morgan fingerprint density at radius 2 is 1.87 bits per heavy atom. The van der Waals surface area contributed by atoms with Crippen molar-refractivity contribution in [3.8, 4) is 0 Å². The van der Waals surface area contributed by atoms with E-state index in [9.17, 15) is 4.79 Å². The lowest BCUT2D eigenvalue weighted by atomic mass is 9.93. The van der Waals surface area contributed by atoms with Crippen LogP contribution in [0, 0.1) is 11.3 Å². The van der Waals surface area contributed by atoms with Gasteiger partial charge >= 0.3 is 6.09 Å². The van der Waals surface area contributed by atoms with Crippen LogP contribution in [0.1, 0.15) is 41.0 Å². The van der Waals surface area contributed by atoms with Crippen molar-refractivity contribution in [1.82, 2.24) is 10.2 Å². The molecule has 6 heteroatoms. The Labute approximate surface area is 140 Å². The van der Waals surface area contributed by atoms with Crippen molar-refractivity contribution < 1.29 is 14.3 Å². The lowest BCUT2D eigenvalue weighted by Gasteiger charge is -2.35. The molecular formula is C17H33N3O3. The van der Waals surface area contributed by atoms with Crippen molar-refractivity contribution in [1.29, 1.82) is 0 Å². The number of ether oxygens (including phenoxy) is 2. The van der Waals surface area contributed by atoms with Crippen LogP contribution in [0.5, 0.6) is 0 Å². The first-order valence-corrected chi connectivity index (χ1v) is 8.26. The third-order valence-corrected chi connectivity index (χ3v) is 4.08. The number of piperidine rings is 1. The number of hydrogen-bond acceptors (Lipinski definition) is 4. The maximum absolute atomic E-state index is 12.1. The van der Waals surface area contributed by atoms with Crippen molar-refractivity contribution in [2.24, 2.45) is 16.3 Å². The molecule has 0 radical (unpaired) electrons. The van der Waals surface area contributed by atoms with Gasteiger partial charge in [-0.15, -0.1) is 0 Å². The van der Waals surface area contributed by atoms with Gasteiger partial charge in [0.15, 0.2) is 0 Å². The summed E-state index contributed by atoms with van der Waals surface area (Å²) in [5, 5.41) is 3.31. The second-order valence-electron chi connectivity index (χ2n) is 7.06. The van der Waals surface area contributed by atoms with Gasteiger partial charge in [0, 0.05) is 18.5 Å². The van der Waals surface area contributed by atoms with Gasteiger partial charge in [0.2, 0.25) is 0 Å². The minimum Gasteiger partial charge on any atom is -0.448 e. The molecule has 0 spiro atoms. The van der Waals surface area contributed by atoms with E-state index < -0.39 is 6.09 Å². The Bertz CT molecular complexity index is 392. The number of amides is 1. The van der Waals surface area contributed by atoms with E-state index in [2.05, 4.69) is 36.0 Å². The van der Waals surface area contributed by atoms with Gasteiger partial charge in [0.1, 0.15) is 5.84 Å². The van der Waals surface area contributed by atoms with Crippen molar-refractivity contribution in [2.75, 3.05) is 46.0 Å². The molecule has 0 aromatic rings. The standard InChI is InChI=1S/C16H29N3O3.CH4/c1-16(2,3)14(19-8-10-21-11-9-19)18-15(20)22-12-13-4-6-17-7-5-13;/h13,17H,4-12H2,1-3H3;1H4. The molecule has 0 bridgehead atoms. The van der Waals surface area contributed by atoms with Gasteiger partial charge in [0.05, 0.1) is 19.8 Å². The molecule has 0 atom stereocenters. The molecule has 0 aliphatic carbocycles. The molecule has 0 aromatic heterocycles. The predicted octanol–water partition coefficient (Wildman–Crippen LogP) is 2.54. The highest BCUT2D eigenvalue weighted by atomic mass is 16.5. The molecule has 1 N–H and O–H groups in total. The number of amidine groups is 1. The molecule has 0 aromatic carbocycles. The van der Waals surface area contributed by atoms with E-state index in [4.69, 9.17) is 9.47 Å². The summed E-state index contributed by atoms with van der Waals surface area (Å²) in [6.07, 6.45) is 1.66. The van der Waals surface area contributed by atoms with E-state index in [1.807, 2.05) is 0 Å². The summed E-state index contributed by atoms with van der Waals surface area (Å²) in [4.78, 5) is 18.5. The fourth-order valence-corrected chi connectivity index (χ4v) is 2.84.